The molecule has 110 valence electrons. The molecule has 0 radical (unpaired) electrons. The van der Waals surface area contributed by atoms with E-state index in [1.54, 1.807) is 24.3 Å². The number of nitrogens with zero attached hydrogens (tertiary/aromatic N) is 1. The largest absolute Gasteiger partial charge is 0.481 e. The minimum absolute atomic E-state index is 0.128. The number of carboxylic acids is 1. The zero-order chi connectivity index (χ0) is 15.5. The van der Waals surface area contributed by atoms with Crippen LogP contribution >= 0.6 is 0 Å². The first kappa shape index (κ1) is 15.1. The molecule has 2 rings (SSSR count). The summed E-state index contributed by atoms with van der Waals surface area (Å²) >= 11 is 0. The third-order valence-electron chi connectivity index (χ3n) is 3.06. The molecule has 0 heterocycles. The lowest BCUT2D eigenvalue weighted by atomic mass is 10.2. The van der Waals surface area contributed by atoms with Gasteiger partial charge in [0.2, 0.25) is 0 Å². The van der Waals surface area contributed by atoms with E-state index >= 15 is 0 Å². The Kier molecular flexibility index (Phi) is 4.28. The SMILES string of the molecule is CN(c1ccccc1)S(=O)(=O)c1ccc(CC(=O)O)cc1. The molecule has 0 unspecified atom stereocenters. The average Bonchev–Trinajstić information content (AvgIpc) is 2.47. The molecule has 0 saturated carbocycles. The van der Waals surface area contributed by atoms with Gasteiger partial charge in [0.15, 0.2) is 0 Å². The van der Waals surface area contributed by atoms with Gasteiger partial charge in [0.25, 0.3) is 10.0 Å². The van der Waals surface area contributed by atoms with Crippen molar-refractivity contribution in [3.05, 3.63) is 60.2 Å². The van der Waals surface area contributed by atoms with Crippen LogP contribution in [-0.4, -0.2) is 26.5 Å². The second-order valence-electron chi connectivity index (χ2n) is 4.52. The van der Waals surface area contributed by atoms with E-state index in [0.29, 0.717) is 11.3 Å². The molecule has 0 aliphatic heterocycles. The van der Waals surface area contributed by atoms with Gasteiger partial charge in [0.1, 0.15) is 0 Å². The van der Waals surface area contributed by atoms with Gasteiger partial charge >= 0.3 is 5.97 Å². The molecule has 0 amide bonds. The number of anilines is 1. The van der Waals surface area contributed by atoms with Gasteiger partial charge in [-0.15, -0.1) is 0 Å². The van der Waals surface area contributed by atoms with Gasteiger partial charge in [-0.3, -0.25) is 9.10 Å². The molecule has 0 atom stereocenters. The van der Waals surface area contributed by atoms with E-state index in [0.717, 1.165) is 0 Å². The van der Waals surface area contributed by atoms with Crippen molar-refractivity contribution in [3.8, 4) is 0 Å². The monoisotopic (exact) mass is 305 g/mol. The van der Waals surface area contributed by atoms with E-state index in [-0.39, 0.29) is 11.3 Å². The Morgan fingerprint density at radius 1 is 1.05 bits per heavy atom. The summed E-state index contributed by atoms with van der Waals surface area (Å²) in [6, 6.07) is 14.6. The number of carbonyl (C=O) groups is 1. The maximum Gasteiger partial charge on any atom is 0.307 e. The fraction of sp³-hybridized carbons (Fsp3) is 0.133. The van der Waals surface area contributed by atoms with Crippen molar-refractivity contribution in [2.75, 3.05) is 11.4 Å². The Bertz CT molecular complexity index is 724. The van der Waals surface area contributed by atoms with Crippen LogP contribution in [-0.2, 0) is 21.2 Å². The van der Waals surface area contributed by atoms with Crippen LogP contribution in [0, 0.1) is 0 Å². The Morgan fingerprint density at radius 2 is 1.62 bits per heavy atom. The Labute approximate surface area is 123 Å². The van der Waals surface area contributed by atoms with E-state index < -0.39 is 16.0 Å². The fourth-order valence-corrected chi connectivity index (χ4v) is 3.08. The van der Waals surface area contributed by atoms with Gasteiger partial charge in [-0.25, -0.2) is 8.42 Å². The van der Waals surface area contributed by atoms with Crippen molar-refractivity contribution in [1.29, 1.82) is 0 Å². The van der Waals surface area contributed by atoms with E-state index in [2.05, 4.69) is 0 Å². The molecule has 2 aromatic rings. The number of rotatable bonds is 5. The maximum absolute atomic E-state index is 12.5. The molecule has 0 bridgehead atoms. The molecule has 5 nitrogen and oxygen atoms in total. The van der Waals surface area contributed by atoms with Crippen LogP contribution in [0.25, 0.3) is 0 Å². The van der Waals surface area contributed by atoms with Crippen LogP contribution in [0.1, 0.15) is 5.56 Å². The highest BCUT2D eigenvalue weighted by Gasteiger charge is 2.20. The van der Waals surface area contributed by atoms with Crippen LogP contribution < -0.4 is 4.31 Å². The van der Waals surface area contributed by atoms with Crippen molar-refractivity contribution >= 4 is 21.7 Å². The van der Waals surface area contributed by atoms with Gasteiger partial charge in [0.05, 0.1) is 17.0 Å². The normalized spacial score (nSPS) is 11.1. The first-order valence-corrected chi connectivity index (χ1v) is 7.70. The summed E-state index contributed by atoms with van der Waals surface area (Å²) in [7, 11) is -2.17. The summed E-state index contributed by atoms with van der Waals surface area (Å²) in [6.07, 6.45) is -0.130. The topological polar surface area (TPSA) is 74.7 Å². The van der Waals surface area contributed by atoms with E-state index in [4.69, 9.17) is 5.11 Å². The van der Waals surface area contributed by atoms with Crippen LogP contribution in [0.5, 0.6) is 0 Å². The van der Waals surface area contributed by atoms with E-state index in [1.165, 1.54) is 35.6 Å². The highest BCUT2D eigenvalue weighted by molar-refractivity contribution is 7.92. The summed E-state index contributed by atoms with van der Waals surface area (Å²) in [5, 5.41) is 8.71. The zero-order valence-corrected chi connectivity index (χ0v) is 12.2. The van der Waals surface area contributed by atoms with Crippen LogP contribution in [0.2, 0.25) is 0 Å². The third-order valence-corrected chi connectivity index (χ3v) is 4.86. The van der Waals surface area contributed by atoms with Crippen molar-refractivity contribution in [2.45, 2.75) is 11.3 Å². The number of para-hydroxylation sites is 1. The lowest BCUT2D eigenvalue weighted by Crippen LogP contribution is -2.26. The Balaban J connectivity index is 2.29. The molecular weight excluding hydrogens is 290 g/mol. The van der Waals surface area contributed by atoms with Gasteiger partial charge in [-0.2, -0.15) is 0 Å². The standard InChI is InChI=1S/C15H15NO4S/c1-16(13-5-3-2-4-6-13)21(19,20)14-9-7-12(8-10-14)11-15(17)18/h2-10H,11H2,1H3,(H,17,18). The number of sulfonamides is 1. The number of carboxylic acid groups (broad SMARTS) is 1. The molecule has 0 spiro atoms. The average molecular weight is 305 g/mol. The smallest absolute Gasteiger partial charge is 0.307 e. The Hall–Kier alpha value is -2.34. The van der Waals surface area contributed by atoms with Crippen molar-refractivity contribution in [3.63, 3.8) is 0 Å². The summed E-state index contributed by atoms with van der Waals surface area (Å²) in [4.78, 5) is 10.7. The minimum atomic E-state index is -3.65. The third kappa shape index (κ3) is 3.41. The second-order valence-corrected chi connectivity index (χ2v) is 6.49. The number of benzene rings is 2. The minimum Gasteiger partial charge on any atom is -0.481 e. The number of hydrogen-bond donors (Lipinski definition) is 1. The Morgan fingerprint density at radius 3 is 2.14 bits per heavy atom. The first-order chi connectivity index (χ1) is 9.91. The molecule has 0 saturated heterocycles. The molecule has 2 aromatic carbocycles. The van der Waals surface area contributed by atoms with E-state index in [9.17, 15) is 13.2 Å². The molecule has 6 heteroatoms. The van der Waals surface area contributed by atoms with Gasteiger partial charge in [-0.1, -0.05) is 30.3 Å². The van der Waals surface area contributed by atoms with Crippen LogP contribution in [0.4, 0.5) is 5.69 Å². The molecule has 21 heavy (non-hydrogen) atoms. The maximum atomic E-state index is 12.5. The summed E-state index contributed by atoms with van der Waals surface area (Å²) in [5.74, 6) is -0.952. The zero-order valence-electron chi connectivity index (χ0n) is 11.4. The molecule has 0 aliphatic rings. The van der Waals surface area contributed by atoms with Gasteiger partial charge in [0, 0.05) is 7.05 Å². The molecule has 0 aliphatic carbocycles. The predicted octanol–water partition coefficient (Wildman–Crippen LogP) is 2.14. The quantitative estimate of drug-likeness (QED) is 0.918. The molecule has 0 fully saturated rings. The molecule has 0 aromatic heterocycles. The highest BCUT2D eigenvalue weighted by atomic mass is 32.2. The number of hydrogen-bond acceptors (Lipinski definition) is 3. The van der Waals surface area contributed by atoms with Crippen molar-refractivity contribution in [1.82, 2.24) is 0 Å². The van der Waals surface area contributed by atoms with Crippen molar-refractivity contribution in [2.24, 2.45) is 0 Å². The second kappa shape index (κ2) is 5.97. The predicted molar refractivity (Wildman–Crippen MR) is 79.8 cm³/mol. The fourth-order valence-electron chi connectivity index (χ4n) is 1.89. The van der Waals surface area contributed by atoms with Crippen molar-refractivity contribution < 1.29 is 18.3 Å². The summed E-state index contributed by atoms with van der Waals surface area (Å²) in [5.41, 5.74) is 1.12. The van der Waals surface area contributed by atoms with Gasteiger partial charge in [-0.05, 0) is 29.8 Å². The van der Waals surface area contributed by atoms with E-state index in [1.807, 2.05) is 6.07 Å². The molecule has 1 N–H and O–H groups in total. The highest BCUT2D eigenvalue weighted by Crippen LogP contribution is 2.21. The first-order valence-electron chi connectivity index (χ1n) is 6.26. The van der Waals surface area contributed by atoms with Crippen LogP contribution in [0.3, 0.4) is 0 Å². The summed E-state index contributed by atoms with van der Waals surface area (Å²) in [6.45, 7) is 0. The molecular formula is C15H15NO4S. The van der Waals surface area contributed by atoms with Crippen LogP contribution in [0.15, 0.2) is 59.5 Å². The van der Waals surface area contributed by atoms with Gasteiger partial charge < -0.3 is 5.11 Å². The summed E-state index contributed by atoms with van der Waals surface area (Å²) < 4.78 is 26.1. The lowest BCUT2D eigenvalue weighted by Gasteiger charge is -2.19. The number of aliphatic carboxylic acids is 1. The lowest BCUT2D eigenvalue weighted by molar-refractivity contribution is -0.136.